The quantitative estimate of drug-likeness (QED) is 0.453. The van der Waals surface area contributed by atoms with E-state index >= 15 is 0 Å². The molecule has 0 unspecified atom stereocenters. The lowest BCUT2D eigenvalue weighted by molar-refractivity contribution is -0.130. The van der Waals surface area contributed by atoms with Gasteiger partial charge in [0.2, 0.25) is 6.10 Å². The summed E-state index contributed by atoms with van der Waals surface area (Å²) in [6.45, 7) is 1.68. The third kappa shape index (κ3) is 3.24. The Morgan fingerprint density at radius 1 is 1.21 bits per heavy atom. The van der Waals surface area contributed by atoms with Crippen LogP contribution in [0.1, 0.15) is 12.5 Å². The molecule has 0 fully saturated rings. The lowest BCUT2D eigenvalue weighted by Crippen LogP contribution is -2.42. The minimum Gasteiger partial charge on any atom is -0.508 e. The third-order valence-electron chi connectivity index (χ3n) is 3.50. The molecule has 0 aromatic heterocycles. The second-order valence-electron chi connectivity index (χ2n) is 5.24. The average molecular weight is 328 g/mol. The van der Waals surface area contributed by atoms with Gasteiger partial charge in [0.25, 0.3) is 5.91 Å². The van der Waals surface area contributed by atoms with E-state index in [-0.39, 0.29) is 18.1 Å². The number of rotatable bonds is 3. The first kappa shape index (κ1) is 15.7. The maximum atomic E-state index is 12.2. The van der Waals surface area contributed by atoms with E-state index in [0.29, 0.717) is 22.8 Å². The van der Waals surface area contributed by atoms with Crippen LogP contribution in [-0.2, 0) is 4.79 Å². The molecule has 0 spiro atoms. The van der Waals surface area contributed by atoms with Gasteiger partial charge in [0.1, 0.15) is 18.1 Å². The highest BCUT2D eigenvalue weighted by molar-refractivity contribution is 6.02. The van der Waals surface area contributed by atoms with E-state index in [2.05, 4.69) is 10.5 Å². The number of phenols is 2. The van der Waals surface area contributed by atoms with Crippen molar-refractivity contribution in [3.05, 3.63) is 48.0 Å². The van der Waals surface area contributed by atoms with Gasteiger partial charge in [-0.2, -0.15) is 5.10 Å². The number of benzene rings is 2. The molecule has 3 N–H and O–H groups in total. The van der Waals surface area contributed by atoms with Crippen molar-refractivity contribution in [2.24, 2.45) is 5.10 Å². The number of para-hydroxylation sites is 2. The van der Waals surface area contributed by atoms with Crippen LogP contribution in [0, 0.1) is 0 Å². The molecule has 2 aromatic carbocycles. The molecule has 7 heteroatoms. The summed E-state index contributed by atoms with van der Waals surface area (Å²) < 4.78 is 11.1. The number of aromatic hydroxyl groups is 2. The van der Waals surface area contributed by atoms with E-state index < -0.39 is 12.0 Å². The predicted octanol–water partition coefficient (Wildman–Crippen LogP) is 1.78. The summed E-state index contributed by atoms with van der Waals surface area (Å²) in [6.07, 6.45) is -0.825. The van der Waals surface area contributed by atoms with E-state index in [0.717, 1.165) is 0 Å². The second kappa shape index (κ2) is 6.49. The van der Waals surface area contributed by atoms with Crippen molar-refractivity contribution in [3.8, 4) is 23.0 Å². The van der Waals surface area contributed by atoms with Crippen molar-refractivity contribution < 1.29 is 24.5 Å². The molecule has 0 saturated carbocycles. The number of nitrogens with one attached hydrogen (secondary N) is 1. The van der Waals surface area contributed by atoms with Gasteiger partial charge in [0.05, 0.1) is 5.71 Å². The fourth-order valence-electron chi connectivity index (χ4n) is 2.23. The van der Waals surface area contributed by atoms with Gasteiger partial charge in [-0.3, -0.25) is 4.79 Å². The van der Waals surface area contributed by atoms with Crippen LogP contribution in [-0.4, -0.2) is 34.5 Å². The zero-order valence-electron chi connectivity index (χ0n) is 12.9. The van der Waals surface area contributed by atoms with E-state index in [1.54, 1.807) is 25.1 Å². The Balaban J connectivity index is 1.68. The topological polar surface area (TPSA) is 100 Å². The zero-order chi connectivity index (χ0) is 17.1. The molecule has 1 aliphatic heterocycles. The minimum atomic E-state index is -0.825. The first-order chi connectivity index (χ1) is 11.5. The van der Waals surface area contributed by atoms with Crippen LogP contribution in [0.25, 0.3) is 0 Å². The highest BCUT2D eigenvalue weighted by Gasteiger charge is 2.27. The lowest BCUT2D eigenvalue weighted by atomic mass is 10.1. The summed E-state index contributed by atoms with van der Waals surface area (Å²) in [4.78, 5) is 12.2. The molecule has 1 amide bonds. The molecule has 2 aromatic rings. The standard InChI is InChI=1S/C17H16N2O5/c1-10(12-8-11(20)6-7-13(12)21)18-19-17(22)16-9-23-14-4-2-3-5-15(14)24-16/h2-8,16,20-21H,9H2,1H3,(H,19,22)/b18-10+/t16-/m0/s1. The normalized spacial score (nSPS) is 16.5. The van der Waals surface area contributed by atoms with Crippen LogP contribution in [0.3, 0.4) is 0 Å². The van der Waals surface area contributed by atoms with Gasteiger partial charge in [0, 0.05) is 5.56 Å². The first-order valence-electron chi connectivity index (χ1n) is 7.29. The molecule has 0 bridgehead atoms. The number of nitrogens with zero attached hydrogens (tertiary/aromatic N) is 1. The van der Waals surface area contributed by atoms with Crippen LogP contribution < -0.4 is 14.9 Å². The van der Waals surface area contributed by atoms with Gasteiger partial charge in [-0.25, -0.2) is 5.43 Å². The van der Waals surface area contributed by atoms with Crippen molar-refractivity contribution in [2.75, 3.05) is 6.61 Å². The Bertz CT molecular complexity index is 803. The number of hydrogen-bond acceptors (Lipinski definition) is 6. The number of carbonyl (C=O) groups is 1. The first-order valence-corrected chi connectivity index (χ1v) is 7.29. The summed E-state index contributed by atoms with van der Waals surface area (Å²) in [7, 11) is 0. The highest BCUT2D eigenvalue weighted by Crippen LogP contribution is 2.30. The molecular formula is C17H16N2O5. The molecule has 1 heterocycles. The fourth-order valence-corrected chi connectivity index (χ4v) is 2.23. The van der Waals surface area contributed by atoms with Gasteiger partial charge >= 0.3 is 0 Å². The molecule has 7 nitrogen and oxygen atoms in total. The summed E-state index contributed by atoms with van der Waals surface area (Å²) in [5.41, 5.74) is 3.04. The van der Waals surface area contributed by atoms with Crippen molar-refractivity contribution in [3.63, 3.8) is 0 Å². The molecule has 1 atom stereocenters. The number of amides is 1. The maximum Gasteiger partial charge on any atom is 0.284 e. The third-order valence-corrected chi connectivity index (χ3v) is 3.50. The monoisotopic (exact) mass is 328 g/mol. The Morgan fingerprint density at radius 2 is 1.96 bits per heavy atom. The summed E-state index contributed by atoms with van der Waals surface area (Å²) in [6, 6.07) is 11.1. The zero-order valence-corrected chi connectivity index (χ0v) is 12.9. The minimum absolute atomic E-state index is 0.00991. The Kier molecular flexibility index (Phi) is 4.24. The van der Waals surface area contributed by atoms with Crippen LogP contribution in [0.15, 0.2) is 47.6 Å². The molecular weight excluding hydrogens is 312 g/mol. The van der Waals surface area contributed by atoms with Crippen LogP contribution in [0.2, 0.25) is 0 Å². The average Bonchev–Trinajstić information content (AvgIpc) is 2.61. The van der Waals surface area contributed by atoms with Crippen LogP contribution >= 0.6 is 0 Å². The van der Waals surface area contributed by atoms with Gasteiger partial charge in [-0.15, -0.1) is 0 Å². The molecule has 124 valence electrons. The van der Waals surface area contributed by atoms with E-state index in [9.17, 15) is 15.0 Å². The van der Waals surface area contributed by atoms with E-state index in [1.807, 2.05) is 6.07 Å². The molecule has 1 aliphatic rings. The molecule has 0 radical (unpaired) electrons. The van der Waals surface area contributed by atoms with E-state index in [1.165, 1.54) is 18.2 Å². The number of hydrogen-bond donors (Lipinski definition) is 3. The number of fused-ring (bicyclic) bond motifs is 1. The van der Waals surface area contributed by atoms with Crippen molar-refractivity contribution in [2.45, 2.75) is 13.0 Å². The maximum absolute atomic E-state index is 12.2. The van der Waals surface area contributed by atoms with Gasteiger partial charge in [-0.05, 0) is 37.3 Å². The van der Waals surface area contributed by atoms with Crippen molar-refractivity contribution in [1.29, 1.82) is 0 Å². The summed E-state index contributed by atoms with van der Waals surface area (Å²) in [5, 5.41) is 23.2. The molecule has 0 aliphatic carbocycles. The number of phenolic OH excluding ortho intramolecular Hbond substituents is 2. The van der Waals surface area contributed by atoms with Gasteiger partial charge in [-0.1, -0.05) is 12.1 Å². The Labute approximate surface area is 138 Å². The van der Waals surface area contributed by atoms with Crippen LogP contribution in [0.4, 0.5) is 0 Å². The van der Waals surface area contributed by atoms with E-state index in [4.69, 9.17) is 9.47 Å². The Hall–Kier alpha value is -3.22. The number of carbonyl (C=O) groups excluding carboxylic acids is 1. The number of hydrazone groups is 1. The molecule has 24 heavy (non-hydrogen) atoms. The fraction of sp³-hybridized carbons (Fsp3) is 0.176. The van der Waals surface area contributed by atoms with Crippen LogP contribution in [0.5, 0.6) is 23.0 Å². The summed E-state index contributed by atoms with van der Waals surface area (Å²) in [5.74, 6) is 0.559. The van der Waals surface area contributed by atoms with Crippen molar-refractivity contribution in [1.82, 2.24) is 5.43 Å². The summed E-state index contributed by atoms with van der Waals surface area (Å²) >= 11 is 0. The number of ether oxygens (including phenoxy) is 2. The lowest BCUT2D eigenvalue weighted by Gasteiger charge is -2.24. The van der Waals surface area contributed by atoms with Gasteiger partial charge < -0.3 is 19.7 Å². The molecule has 0 saturated heterocycles. The smallest absolute Gasteiger partial charge is 0.284 e. The Morgan fingerprint density at radius 3 is 2.75 bits per heavy atom. The second-order valence-corrected chi connectivity index (χ2v) is 5.24. The SMILES string of the molecule is C/C(=N\NC(=O)[C@@H]1COc2ccccc2O1)c1cc(O)ccc1O. The van der Waals surface area contributed by atoms with Gasteiger partial charge in [0.15, 0.2) is 11.5 Å². The highest BCUT2D eigenvalue weighted by atomic mass is 16.6. The molecule has 3 rings (SSSR count). The largest absolute Gasteiger partial charge is 0.508 e. The van der Waals surface area contributed by atoms with Crippen molar-refractivity contribution >= 4 is 11.6 Å². The predicted molar refractivity (Wildman–Crippen MR) is 86.5 cm³/mol.